The molecule has 0 aromatic carbocycles. The third-order valence-corrected chi connectivity index (χ3v) is 4.20. The highest BCUT2D eigenvalue weighted by Gasteiger charge is 2.39. The first-order chi connectivity index (χ1) is 9.65. The zero-order chi connectivity index (χ0) is 14.1. The van der Waals surface area contributed by atoms with E-state index < -0.39 is 6.04 Å². The van der Waals surface area contributed by atoms with E-state index in [9.17, 15) is 9.59 Å². The number of likely N-dealkylation sites (tertiary alicyclic amines) is 1. The van der Waals surface area contributed by atoms with Crippen LogP contribution in [0, 0.1) is 11.8 Å². The maximum atomic E-state index is 12.3. The van der Waals surface area contributed by atoms with Crippen molar-refractivity contribution >= 4 is 11.8 Å². The molecule has 0 radical (unpaired) electrons. The summed E-state index contributed by atoms with van der Waals surface area (Å²) in [5.74, 6) is 0.850. The first-order valence-corrected chi connectivity index (χ1v) is 6.97. The van der Waals surface area contributed by atoms with Crippen LogP contribution in [-0.4, -0.2) is 48.9 Å². The van der Waals surface area contributed by atoms with Crippen LogP contribution in [0.25, 0.3) is 0 Å². The average Bonchev–Trinajstić information content (AvgIpc) is 3.13. The molecule has 0 saturated carbocycles. The van der Waals surface area contributed by atoms with Gasteiger partial charge in [-0.1, -0.05) is 0 Å². The van der Waals surface area contributed by atoms with E-state index in [0.717, 1.165) is 26.2 Å². The number of hydrogen-bond acceptors (Lipinski definition) is 4. The molecular weight excluding hydrogens is 258 g/mol. The summed E-state index contributed by atoms with van der Waals surface area (Å²) in [5.41, 5.74) is 0.437. The molecule has 6 nitrogen and oxygen atoms in total. The molecule has 2 amide bonds. The molecule has 3 rings (SSSR count). The summed E-state index contributed by atoms with van der Waals surface area (Å²) in [6, 6.07) is 1.07. The number of amides is 2. The van der Waals surface area contributed by atoms with Gasteiger partial charge in [0.05, 0.1) is 11.8 Å². The minimum absolute atomic E-state index is 0.00348. The molecule has 2 fully saturated rings. The van der Waals surface area contributed by atoms with E-state index in [1.165, 1.54) is 12.5 Å². The lowest BCUT2D eigenvalue weighted by Gasteiger charge is -2.22. The normalized spacial score (nSPS) is 26.4. The van der Waals surface area contributed by atoms with Crippen LogP contribution in [0.5, 0.6) is 0 Å². The van der Waals surface area contributed by atoms with Crippen molar-refractivity contribution in [3.63, 3.8) is 0 Å². The molecule has 108 valence electrons. The fourth-order valence-electron chi connectivity index (χ4n) is 3.04. The van der Waals surface area contributed by atoms with Gasteiger partial charge in [-0.2, -0.15) is 0 Å². The second-order valence-corrected chi connectivity index (χ2v) is 5.63. The molecule has 0 spiro atoms. The molecule has 1 aromatic rings. The van der Waals surface area contributed by atoms with Gasteiger partial charge < -0.3 is 20.0 Å². The fourth-order valence-corrected chi connectivity index (χ4v) is 3.04. The van der Waals surface area contributed by atoms with Gasteiger partial charge in [-0.15, -0.1) is 0 Å². The predicted octanol–water partition coefficient (Wildman–Crippen LogP) is 0.0757. The molecule has 3 heterocycles. The van der Waals surface area contributed by atoms with Crippen LogP contribution < -0.4 is 10.6 Å². The highest BCUT2D eigenvalue weighted by molar-refractivity contribution is 5.97. The Morgan fingerprint density at radius 2 is 2.10 bits per heavy atom. The molecule has 0 aliphatic carbocycles. The lowest BCUT2D eigenvalue weighted by atomic mass is 10.0. The quantitative estimate of drug-likeness (QED) is 0.820. The Morgan fingerprint density at radius 3 is 2.70 bits per heavy atom. The molecular formula is C14H19N3O3. The second kappa shape index (κ2) is 5.28. The van der Waals surface area contributed by atoms with Crippen LogP contribution in [-0.2, 0) is 4.79 Å². The number of carbonyl (C=O) groups is 2. The summed E-state index contributed by atoms with van der Waals surface area (Å²) in [4.78, 5) is 26.1. The first-order valence-electron chi connectivity index (χ1n) is 6.97. The number of hydrogen-bond donors (Lipinski definition) is 2. The van der Waals surface area contributed by atoms with Gasteiger partial charge in [0.1, 0.15) is 12.3 Å². The summed E-state index contributed by atoms with van der Waals surface area (Å²) < 4.78 is 4.86. The van der Waals surface area contributed by atoms with E-state index in [-0.39, 0.29) is 11.8 Å². The van der Waals surface area contributed by atoms with E-state index >= 15 is 0 Å². The number of rotatable bonds is 3. The minimum Gasteiger partial charge on any atom is -0.472 e. The third-order valence-electron chi connectivity index (χ3n) is 4.20. The maximum absolute atomic E-state index is 12.3. The monoisotopic (exact) mass is 277 g/mol. The van der Waals surface area contributed by atoms with Gasteiger partial charge in [-0.05, 0) is 24.8 Å². The molecule has 1 unspecified atom stereocenters. The van der Waals surface area contributed by atoms with Gasteiger partial charge in [0.25, 0.3) is 5.91 Å². The Balaban J connectivity index is 1.56. The van der Waals surface area contributed by atoms with Crippen molar-refractivity contribution in [2.75, 3.05) is 26.2 Å². The summed E-state index contributed by atoms with van der Waals surface area (Å²) in [6.45, 7) is 5.30. The van der Waals surface area contributed by atoms with Gasteiger partial charge in [0.15, 0.2) is 0 Å². The molecule has 2 saturated heterocycles. The van der Waals surface area contributed by atoms with Crippen molar-refractivity contribution in [1.82, 2.24) is 15.5 Å². The van der Waals surface area contributed by atoms with Crippen LogP contribution in [0.3, 0.4) is 0 Å². The van der Waals surface area contributed by atoms with E-state index in [1.807, 2.05) is 4.90 Å². The number of carbonyl (C=O) groups excluding carboxylic acids is 2. The Labute approximate surface area is 117 Å². The summed E-state index contributed by atoms with van der Waals surface area (Å²) in [6.07, 6.45) is 2.81. The van der Waals surface area contributed by atoms with Crippen LogP contribution in [0.15, 0.2) is 23.0 Å². The van der Waals surface area contributed by atoms with Crippen molar-refractivity contribution in [2.24, 2.45) is 11.8 Å². The maximum Gasteiger partial charge on any atom is 0.255 e. The van der Waals surface area contributed by atoms with Crippen LogP contribution in [0.4, 0.5) is 0 Å². The number of nitrogens with one attached hydrogen (secondary N) is 2. The van der Waals surface area contributed by atoms with Gasteiger partial charge in [-0.25, -0.2) is 0 Å². The van der Waals surface area contributed by atoms with E-state index in [2.05, 4.69) is 10.6 Å². The topological polar surface area (TPSA) is 74.6 Å². The van der Waals surface area contributed by atoms with Crippen LogP contribution in [0.2, 0.25) is 0 Å². The molecule has 2 aliphatic rings. The van der Waals surface area contributed by atoms with E-state index in [1.54, 1.807) is 13.0 Å². The zero-order valence-electron chi connectivity index (χ0n) is 11.5. The summed E-state index contributed by atoms with van der Waals surface area (Å²) in [5, 5.41) is 6.06. The van der Waals surface area contributed by atoms with Crippen molar-refractivity contribution < 1.29 is 14.0 Å². The predicted molar refractivity (Wildman–Crippen MR) is 72.1 cm³/mol. The van der Waals surface area contributed by atoms with Gasteiger partial charge in [-0.3, -0.25) is 9.59 Å². The lowest BCUT2D eigenvalue weighted by molar-refractivity contribution is -0.132. The SMILES string of the molecule is CC(NC(=O)c1ccoc1)C(=O)N1C[C@H]2CNC[C@H]2C1. The van der Waals surface area contributed by atoms with Gasteiger partial charge in [0.2, 0.25) is 5.91 Å². The lowest BCUT2D eigenvalue weighted by Crippen LogP contribution is -2.46. The Kier molecular flexibility index (Phi) is 3.48. The van der Waals surface area contributed by atoms with E-state index in [4.69, 9.17) is 4.42 Å². The van der Waals surface area contributed by atoms with Gasteiger partial charge in [0, 0.05) is 26.2 Å². The molecule has 2 aliphatic heterocycles. The van der Waals surface area contributed by atoms with Crippen LogP contribution in [0.1, 0.15) is 17.3 Å². The van der Waals surface area contributed by atoms with Crippen LogP contribution >= 0.6 is 0 Å². The highest BCUT2D eigenvalue weighted by Crippen LogP contribution is 2.26. The number of nitrogens with zero attached hydrogens (tertiary/aromatic N) is 1. The summed E-state index contributed by atoms with van der Waals surface area (Å²) >= 11 is 0. The molecule has 2 N–H and O–H groups in total. The van der Waals surface area contributed by atoms with Crippen molar-refractivity contribution in [1.29, 1.82) is 0 Å². The molecule has 20 heavy (non-hydrogen) atoms. The molecule has 3 atom stereocenters. The number of furan rings is 1. The Hall–Kier alpha value is -1.82. The minimum atomic E-state index is -0.510. The Morgan fingerprint density at radius 1 is 1.40 bits per heavy atom. The van der Waals surface area contributed by atoms with E-state index in [0.29, 0.717) is 17.4 Å². The molecule has 1 aromatic heterocycles. The smallest absolute Gasteiger partial charge is 0.255 e. The standard InChI is InChI=1S/C14H19N3O3/c1-9(16-13(18)10-2-3-20-8-10)14(19)17-6-11-4-15-5-12(11)7-17/h2-3,8-9,11-12,15H,4-7H2,1H3,(H,16,18)/t9?,11-,12+. The zero-order valence-corrected chi connectivity index (χ0v) is 11.5. The Bertz CT molecular complexity index is 488. The third kappa shape index (κ3) is 2.43. The molecule has 6 heteroatoms. The van der Waals surface area contributed by atoms with Crippen molar-refractivity contribution in [2.45, 2.75) is 13.0 Å². The van der Waals surface area contributed by atoms with Crippen molar-refractivity contribution in [3.8, 4) is 0 Å². The fraction of sp³-hybridized carbons (Fsp3) is 0.571. The number of fused-ring (bicyclic) bond motifs is 1. The average molecular weight is 277 g/mol. The summed E-state index contributed by atoms with van der Waals surface area (Å²) in [7, 11) is 0. The second-order valence-electron chi connectivity index (χ2n) is 5.63. The molecule has 0 bridgehead atoms. The van der Waals surface area contributed by atoms with Crippen molar-refractivity contribution in [3.05, 3.63) is 24.2 Å². The highest BCUT2D eigenvalue weighted by atomic mass is 16.3. The largest absolute Gasteiger partial charge is 0.472 e. The van der Waals surface area contributed by atoms with Gasteiger partial charge >= 0.3 is 0 Å². The first kappa shape index (κ1) is 13.2.